The van der Waals surface area contributed by atoms with Gasteiger partial charge in [-0.15, -0.1) is 0 Å². The highest BCUT2D eigenvalue weighted by atomic mass is 16.5. The lowest BCUT2D eigenvalue weighted by Crippen LogP contribution is -2.24. The first-order chi connectivity index (χ1) is 14.4. The Kier molecular flexibility index (Phi) is 5.15. The van der Waals surface area contributed by atoms with Crippen LogP contribution in [0.25, 0.3) is 11.0 Å². The van der Waals surface area contributed by atoms with Gasteiger partial charge in [0.25, 0.3) is 0 Å². The monoisotopic (exact) mass is 409 g/mol. The summed E-state index contributed by atoms with van der Waals surface area (Å²) in [5.74, 6) is 0.594. The molecule has 2 heterocycles. The Bertz CT molecular complexity index is 1170. The van der Waals surface area contributed by atoms with Gasteiger partial charge in [0.1, 0.15) is 5.75 Å². The van der Waals surface area contributed by atoms with Crippen molar-refractivity contribution >= 4 is 34.1 Å². The number of ether oxygens (including phenoxy) is 1. The number of hydrogen-bond acceptors (Lipinski definition) is 4. The van der Waals surface area contributed by atoms with Crippen molar-refractivity contribution in [3.05, 3.63) is 46.4 Å². The zero-order valence-electron chi connectivity index (χ0n) is 17.8. The maximum atomic E-state index is 12.9. The van der Waals surface area contributed by atoms with E-state index in [4.69, 9.17) is 4.74 Å². The van der Waals surface area contributed by atoms with Gasteiger partial charge in [-0.2, -0.15) is 0 Å². The molecule has 0 atom stereocenters. The number of methoxy groups -OCH3 is 1. The number of imidazole rings is 1. The quantitative estimate of drug-likeness (QED) is 0.692. The van der Waals surface area contributed by atoms with Gasteiger partial charge in [0, 0.05) is 27.2 Å². The van der Waals surface area contributed by atoms with E-state index in [1.165, 1.54) is 0 Å². The highest BCUT2D eigenvalue weighted by Gasteiger charge is 2.21. The van der Waals surface area contributed by atoms with Gasteiger partial charge in [-0.1, -0.05) is 6.07 Å². The molecule has 1 fully saturated rings. The number of fused-ring (bicyclic) bond motifs is 1. The summed E-state index contributed by atoms with van der Waals surface area (Å²) in [6, 6.07) is 9.12. The number of carbonyl (C=O) groups excluding carboxylic acids is 1. The zero-order valence-corrected chi connectivity index (χ0v) is 17.8. The lowest BCUT2D eigenvalue weighted by atomic mass is 10.2. The Morgan fingerprint density at radius 2 is 1.60 bits per heavy atom. The Hall–Kier alpha value is -3.42. The fourth-order valence-corrected chi connectivity index (χ4v) is 4.05. The van der Waals surface area contributed by atoms with Crippen molar-refractivity contribution in [3.63, 3.8) is 0 Å². The number of carbonyl (C=O) groups is 1. The third kappa shape index (κ3) is 3.49. The second kappa shape index (κ2) is 7.78. The molecule has 30 heavy (non-hydrogen) atoms. The molecule has 0 saturated carbocycles. The summed E-state index contributed by atoms with van der Waals surface area (Å²) in [7, 11) is 5.08. The SMILES string of the molecule is COc1ccc(C)cc1NC(=O)Nc1cc2c(cc1N1CCCC1)n(C)c(=O)n2C. The molecule has 0 bridgehead atoms. The first kappa shape index (κ1) is 19.9. The predicted octanol–water partition coefficient (Wildman–Crippen LogP) is 3.44. The van der Waals surface area contributed by atoms with Crippen LogP contribution in [0.15, 0.2) is 35.1 Å². The largest absolute Gasteiger partial charge is 0.495 e. The molecular weight excluding hydrogens is 382 g/mol. The van der Waals surface area contributed by atoms with Crippen LogP contribution in [-0.2, 0) is 14.1 Å². The van der Waals surface area contributed by atoms with Crippen molar-refractivity contribution < 1.29 is 9.53 Å². The van der Waals surface area contributed by atoms with Gasteiger partial charge in [0.15, 0.2) is 0 Å². The molecule has 0 radical (unpaired) electrons. The molecule has 158 valence electrons. The molecule has 3 aromatic rings. The number of amides is 2. The van der Waals surface area contributed by atoms with E-state index >= 15 is 0 Å². The highest BCUT2D eigenvalue weighted by molar-refractivity contribution is 6.04. The summed E-state index contributed by atoms with van der Waals surface area (Å²) in [6.45, 7) is 3.81. The maximum Gasteiger partial charge on any atom is 0.328 e. The summed E-state index contributed by atoms with van der Waals surface area (Å²) >= 11 is 0. The summed E-state index contributed by atoms with van der Waals surface area (Å²) < 4.78 is 8.58. The Balaban J connectivity index is 1.71. The van der Waals surface area contributed by atoms with Crippen molar-refractivity contribution in [2.45, 2.75) is 19.8 Å². The number of rotatable bonds is 4. The average molecular weight is 409 g/mol. The minimum Gasteiger partial charge on any atom is -0.495 e. The molecule has 1 aliphatic rings. The van der Waals surface area contributed by atoms with E-state index in [0.29, 0.717) is 17.1 Å². The van der Waals surface area contributed by atoms with Gasteiger partial charge in [-0.3, -0.25) is 9.13 Å². The second-order valence-electron chi connectivity index (χ2n) is 7.74. The van der Waals surface area contributed by atoms with E-state index < -0.39 is 0 Å². The van der Waals surface area contributed by atoms with E-state index in [2.05, 4.69) is 15.5 Å². The summed E-state index contributed by atoms with van der Waals surface area (Å²) in [5, 5.41) is 5.86. The van der Waals surface area contributed by atoms with Gasteiger partial charge in [-0.25, -0.2) is 9.59 Å². The molecular formula is C22H27N5O3. The smallest absolute Gasteiger partial charge is 0.328 e. The fraction of sp³-hybridized carbons (Fsp3) is 0.364. The van der Waals surface area contributed by atoms with Crippen molar-refractivity contribution in [3.8, 4) is 5.75 Å². The van der Waals surface area contributed by atoms with Gasteiger partial charge in [-0.05, 0) is 49.6 Å². The topological polar surface area (TPSA) is 80.5 Å². The molecule has 1 aliphatic heterocycles. The molecule has 2 aromatic carbocycles. The molecule has 8 heteroatoms. The zero-order chi connectivity index (χ0) is 21.4. The summed E-state index contributed by atoms with van der Waals surface area (Å²) in [5.41, 5.74) is 4.74. The molecule has 4 rings (SSSR count). The standard InChI is InChI=1S/C22H27N5O3/c1-14-7-8-20(30-4)16(11-14)24-21(28)23-15-12-18-19(26(3)22(29)25(18)2)13-17(15)27-9-5-6-10-27/h7-8,11-13H,5-6,9-10H2,1-4H3,(H2,23,24,28). The van der Waals surface area contributed by atoms with Crippen LogP contribution in [0.1, 0.15) is 18.4 Å². The van der Waals surface area contributed by atoms with E-state index in [-0.39, 0.29) is 11.7 Å². The number of anilines is 3. The molecule has 0 unspecified atom stereocenters. The van der Waals surface area contributed by atoms with E-state index in [9.17, 15) is 9.59 Å². The number of aromatic nitrogens is 2. The number of hydrogen-bond donors (Lipinski definition) is 2. The van der Waals surface area contributed by atoms with Crippen LogP contribution >= 0.6 is 0 Å². The summed E-state index contributed by atoms with van der Waals surface area (Å²) in [4.78, 5) is 27.5. The minimum atomic E-state index is -0.361. The molecule has 1 aromatic heterocycles. The van der Waals surface area contributed by atoms with Crippen molar-refractivity contribution in [1.29, 1.82) is 0 Å². The van der Waals surface area contributed by atoms with Crippen LogP contribution in [0.4, 0.5) is 21.9 Å². The van der Waals surface area contributed by atoms with Crippen LogP contribution in [0.2, 0.25) is 0 Å². The van der Waals surface area contributed by atoms with Gasteiger partial charge >= 0.3 is 11.7 Å². The molecule has 1 saturated heterocycles. The van der Waals surface area contributed by atoms with Crippen molar-refractivity contribution in [1.82, 2.24) is 9.13 Å². The fourth-order valence-electron chi connectivity index (χ4n) is 4.05. The van der Waals surface area contributed by atoms with Gasteiger partial charge in [0.05, 0.1) is 35.2 Å². The third-order valence-corrected chi connectivity index (χ3v) is 5.69. The number of benzene rings is 2. The first-order valence-corrected chi connectivity index (χ1v) is 10.1. The summed E-state index contributed by atoms with van der Waals surface area (Å²) in [6.07, 6.45) is 2.22. The molecule has 0 aliphatic carbocycles. The number of nitrogens with one attached hydrogen (secondary N) is 2. The van der Waals surface area contributed by atoms with Crippen molar-refractivity contribution in [2.75, 3.05) is 35.7 Å². The molecule has 0 spiro atoms. The van der Waals surface area contributed by atoms with Crippen LogP contribution in [-0.4, -0.2) is 35.4 Å². The minimum absolute atomic E-state index is 0.0940. The van der Waals surface area contributed by atoms with E-state index in [0.717, 1.165) is 48.2 Å². The highest BCUT2D eigenvalue weighted by Crippen LogP contribution is 2.33. The molecule has 8 nitrogen and oxygen atoms in total. The van der Waals surface area contributed by atoms with Crippen molar-refractivity contribution in [2.24, 2.45) is 14.1 Å². The Labute approximate surface area is 175 Å². The van der Waals surface area contributed by atoms with E-state index in [1.807, 2.05) is 37.3 Å². The van der Waals surface area contributed by atoms with Crippen LogP contribution in [0, 0.1) is 6.92 Å². The Morgan fingerprint density at radius 1 is 0.967 bits per heavy atom. The third-order valence-electron chi connectivity index (χ3n) is 5.69. The molecule has 2 amide bonds. The number of urea groups is 1. The average Bonchev–Trinajstić information content (AvgIpc) is 3.32. The number of aryl methyl sites for hydroxylation is 3. The predicted molar refractivity (Wildman–Crippen MR) is 120 cm³/mol. The number of nitrogens with zero attached hydrogens (tertiary/aromatic N) is 3. The normalized spacial score (nSPS) is 13.7. The van der Waals surface area contributed by atoms with Crippen LogP contribution in [0.5, 0.6) is 5.75 Å². The lowest BCUT2D eigenvalue weighted by molar-refractivity contribution is 0.262. The van der Waals surface area contributed by atoms with Crippen LogP contribution in [0.3, 0.4) is 0 Å². The molecule has 2 N–H and O–H groups in total. The van der Waals surface area contributed by atoms with E-state index in [1.54, 1.807) is 30.3 Å². The van der Waals surface area contributed by atoms with Crippen LogP contribution < -0.4 is 26.0 Å². The maximum absolute atomic E-state index is 12.9. The Morgan fingerprint density at radius 3 is 2.27 bits per heavy atom. The lowest BCUT2D eigenvalue weighted by Gasteiger charge is -2.22. The van der Waals surface area contributed by atoms with Gasteiger partial charge in [0.2, 0.25) is 0 Å². The first-order valence-electron chi connectivity index (χ1n) is 10.1. The van der Waals surface area contributed by atoms with Gasteiger partial charge < -0.3 is 20.3 Å². The second-order valence-corrected chi connectivity index (χ2v) is 7.74.